The Kier molecular flexibility index (Phi) is 1.91. The van der Waals surface area contributed by atoms with E-state index in [1.807, 2.05) is 0 Å². The van der Waals surface area contributed by atoms with Crippen molar-refractivity contribution in [3.05, 3.63) is 35.5 Å². The second kappa shape index (κ2) is 3.60. The van der Waals surface area contributed by atoms with E-state index in [1.165, 1.54) is 12.7 Å². The number of aromatic nitrogens is 8. The van der Waals surface area contributed by atoms with E-state index >= 15 is 0 Å². The zero-order valence-electron chi connectivity index (χ0n) is 9.93. The molecule has 0 spiro atoms. The van der Waals surface area contributed by atoms with Crippen molar-refractivity contribution in [3.63, 3.8) is 0 Å². The highest BCUT2D eigenvalue weighted by Gasteiger charge is 2.13. The molecule has 0 amide bonds. The van der Waals surface area contributed by atoms with Crippen LogP contribution in [0.4, 0.5) is 5.95 Å². The third-order valence-corrected chi connectivity index (χ3v) is 2.84. The third-order valence-electron chi connectivity index (χ3n) is 2.84. The molecule has 4 aromatic rings. The number of hydrogen-bond acceptors (Lipinski definition) is 7. The van der Waals surface area contributed by atoms with Gasteiger partial charge in [-0.1, -0.05) is 0 Å². The van der Waals surface area contributed by atoms with Crippen LogP contribution in [0.25, 0.3) is 22.3 Å². The first kappa shape index (κ1) is 10.6. The molecule has 0 aliphatic carbocycles. The minimum Gasteiger partial charge on any atom is -0.369 e. The quantitative estimate of drug-likeness (QED) is 0.459. The number of fused-ring (bicyclic) bond motifs is 2. The predicted octanol–water partition coefficient (Wildman–Crippen LogP) is -0.847. The standard InChI is InChI=1S/C10H7N9O/c11-10-16-8-6(9(20)17-10)15-4-19(8)18-3-14-5-1-12-2-13-7(5)18/h1-4H,(H3,11,16,17,20). The van der Waals surface area contributed by atoms with Gasteiger partial charge in [0.05, 0.1) is 6.20 Å². The maximum Gasteiger partial charge on any atom is 0.280 e. The predicted molar refractivity (Wildman–Crippen MR) is 68.7 cm³/mol. The van der Waals surface area contributed by atoms with Crippen molar-refractivity contribution in [1.29, 1.82) is 0 Å². The van der Waals surface area contributed by atoms with E-state index in [4.69, 9.17) is 5.73 Å². The van der Waals surface area contributed by atoms with E-state index in [-0.39, 0.29) is 11.5 Å². The number of rotatable bonds is 1. The van der Waals surface area contributed by atoms with Gasteiger partial charge < -0.3 is 5.73 Å². The fraction of sp³-hybridized carbons (Fsp3) is 0. The summed E-state index contributed by atoms with van der Waals surface area (Å²) in [5.74, 6) is 0.0169. The number of H-pyrrole nitrogens is 1. The molecule has 0 fully saturated rings. The average Bonchev–Trinajstić information content (AvgIpc) is 3.02. The van der Waals surface area contributed by atoms with Gasteiger partial charge in [0.2, 0.25) is 5.95 Å². The fourth-order valence-electron chi connectivity index (χ4n) is 1.99. The Morgan fingerprint density at radius 3 is 2.80 bits per heavy atom. The summed E-state index contributed by atoms with van der Waals surface area (Å²) in [4.78, 5) is 34.5. The van der Waals surface area contributed by atoms with Crippen LogP contribution >= 0.6 is 0 Å². The summed E-state index contributed by atoms with van der Waals surface area (Å²) in [6.45, 7) is 0. The summed E-state index contributed by atoms with van der Waals surface area (Å²) >= 11 is 0. The Bertz CT molecular complexity index is 995. The molecule has 0 atom stereocenters. The molecule has 0 bridgehead atoms. The molecule has 0 saturated carbocycles. The zero-order valence-corrected chi connectivity index (χ0v) is 9.93. The van der Waals surface area contributed by atoms with Gasteiger partial charge in [0.15, 0.2) is 16.8 Å². The molecule has 0 aliphatic heterocycles. The van der Waals surface area contributed by atoms with E-state index in [9.17, 15) is 4.79 Å². The van der Waals surface area contributed by atoms with Crippen LogP contribution in [-0.4, -0.2) is 39.3 Å². The third kappa shape index (κ3) is 1.32. The van der Waals surface area contributed by atoms with Gasteiger partial charge in [0.25, 0.3) is 5.56 Å². The molecule has 0 unspecified atom stereocenters. The minimum atomic E-state index is -0.398. The van der Waals surface area contributed by atoms with Crippen molar-refractivity contribution in [3.8, 4) is 0 Å². The van der Waals surface area contributed by atoms with E-state index in [2.05, 4.69) is 29.9 Å². The van der Waals surface area contributed by atoms with Crippen molar-refractivity contribution in [2.45, 2.75) is 0 Å². The molecule has 4 rings (SSSR count). The van der Waals surface area contributed by atoms with Crippen molar-refractivity contribution in [2.24, 2.45) is 0 Å². The smallest absolute Gasteiger partial charge is 0.280 e. The summed E-state index contributed by atoms with van der Waals surface area (Å²) in [5.41, 5.74) is 6.86. The van der Waals surface area contributed by atoms with Gasteiger partial charge in [-0.2, -0.15) is 4.98 Å². The monoisotopic (exact) mass is 269 g/mol. The summed E-state index contributed by atoms with van der Waals surface area (Å²) < 4.78 is 3.15. The first-order valence-electron chi connectivity index (χ1n) is 5.60. The number of nitrogens with one attached hydrogen (secondary N) is 1. The topological polar surface area (TPSA) is 133 Å². The maximum atomic E-state index is 11.7. The van der Waals surface area contributed by atoms with E-state index in [1.54, 1.807) is 21.9 Å². The Labute approximate surface area is 109 Å². The fourth-order valence-corrected chi connectivity index (χ4v) is 1.99. The van der Waals surface area contributed by atoms with Crippen LogP contribution in [0.2, 0.25) is 0 Å². The van der Waals surface area contributed by atoms with Crippen molar-refractivity contribution in [1.82, 2.24) is 39.3 Å². The number of anilines is 1. The number of hydrogen-bond donors (Lipinski definition) is 2. The van der Waals surface area contributed by atoms with Gasteiger partial charge in [-0.25, -0.2) is 29.3 Å². The van der Waals surface area contributed by atoms with Crippen LogP contribution in [0.1, 0.15) is 0 Å². The second-order valence-corrected chi connectivity index (χ2v) is 4.03. The molecule has 10 nitrogen and oxygen atoms in total. The van der Waals surface area contributed by atoms with Crippen LogP contribution in [0, 0.1) is 0 Å². The molecule has 4 aromatic heterocycles. The largest absolute Gasteiger partial charge is 0.369 e. The molecular weight excluding hydrogens is 262 g/mol. The lowest BCUT2D eigenvalue weighted by molar-refractivity contribution is 0.687. The summed E-state index contributed by atoms with van der Waals surface area (Å²) in [5, 5.41) is 0. The first-order chi connectivity index (χ1) is 9.74. The highest BCUT2D eigenvalue weighted by atomic mass is 16.1. The molecule has 98 valence electrons. The van der Waals surface area contributed by atoms with E-state index in [0.29, 0.717) is 16.8 Å². The van der Waals surface area contributed by atoms with E-state index < -0.39 is 5.56 Å². The Hall–Kier alpha value is -3.30. The van der Waals surface area contributed by atoms with Crippen LogP contribution in [0.5, 0.6) is 0 Å². The summed E-state index contributed by atoms with van der Waals surface area (Å²) in [6.07, 6.45) is 6.00. The van der Waals surface area contributed by atoms with Crippen LogP contribution in [0.3, 0.4) is 0 Å². The summed E-state index contributed by atoms with van der Waals surface area (Å²) in [6, 6.07) is 0. The lowest BCUT2D eigenvalue weighted by atomic mass is 10.5. The highest BCUT2D eigenvalue weighted by Crippen LogP contribution is 2.12. The molecule has 0 radical (unpaired) electrons. The van der Waals surface area contributed by atoms with Gasteiger partial charge in [0.1, 0.15) is 24.5 Å². The van der Waals surface area contributed by atoms with Gasteiger partial charge in [-0.05, 0) is 0 Å². The van der Waals surface area contributed by atoms with Crippen molar-refractivity contribution in [2.75, 3.05) is 5.73 Å². The Balaban J connectivity index is 2.10. The number of nitrogen functional groups attached to an aromatic ring is 1. The van der Waals surface area contributed by atoms with Crippen molar-refractivity contribution < 1.29 is 0 Å². The number of imidazole rings is 2. The first-order valence-corrected chi connectivity index (χ1v) is 5.60. The van der Waals surface area contributed by atoms with Gasteiger partial charge >= 0.3 is 0 Å². The van der Waals surface area contributed by atoms with Gasteiger partial charge in [-0.3, -0.25) is 9.78 Å². The van der Waals surface area contributed by atoms with Gasteiger partial charge in [-0.15, -0.1) is 0 Å². The van der Waals surface area contributed by atoms with Crippen LogP contribution in [0.15, 0.2) is 30.0 Å². The zero-order chi connectivity index (χ0) is 13.7. The highest BCUT2D eigenvalue weighted by molar-refractivity contribution is 5.73. The molecular formula is C10H7N9O. The lowest BCUT2D eigenvalue weighted by Gasteiger charge is -2.04. The average molecular weight is 269 g/mol. The number of nitrogens with zero attached hydrogens (tertiary/aromatic N) is 7. The van der Waals surface area contributed by atoms with Crippen LogP contribution < -0.4 is 11.3 Å². The molecule has 0 saturated heterocycles. The molecule has 10 heteroatoms. The normalized spacial score (nSPS) is 11.4. The SMILES string of the molecule is Nc1nc2c(ncn2-n2cnc3cncnc32)c(=O)[nH]1. The Morgan fingerprint density at radius 2 is 1.90 bits per heavy atom. The lowest BCUT2D eigenvalue weighted by Crippen LogP contribution is -2.14. The van der Waals surface area contributed by atoms with Crippen molar-refractivity contribution >= 4 is 28.3 Å². The van der Waals surface area contributed by atoms with Crippen LogP contribution in [-0.2, 0) is 0 Å². The molecule has 4 heterocycles. The maximum absolute atomic E-state index is 11.7. The number of aromatic amines is 1. The minimum absolute atomic E-state index is 0.0169. The molecule has 0 aliphatic rings. The second-order valence-electron chi connectivity index (χ2n) is 4.03. The molecule has 3 N–H and O–H groups in total. The van der Waals surface area contributed by atoms with Gasteiger partial charge in [0, 0.05) is 0 Å². The summed E-state index contributed by atoms with van der Waals surface area (Å²) in [7, 11) is 0. The van der Waals surface area contributed by atoms with E-state index in [0.717, 1.165) is 0 Å². The Morgan fingerprint density at radius 1 is 1.10 bits per heavy atom. The molecule has 0 aromatic carbocycles. The molecule has 20 heavy (non-hydrogen) atoms. The number of nitrogens with two attached hydrogens (primary N) is 1.